The van der Waals surface area contributed by atoms with Crippen LogP contribution in [0.1, 0.15) is 33.6 Å². The smallest absolute Gasteiger partial charge is 0.311 e. The van der Waals surface area contributed by atoms with Crippen LogP contribution in [0.3, 0.4) is 0 Å². The van der Waals surface area contributed by atoms with Crippen LogP contribution >= 0.6 is 0 Å². The molecule has 1 N–H and O–H groups in total. The van der Waals surface area contributed by atoms with Crippen LogP contribution in [0, 0.1) is 11.8 Å². The van der Waals surface area contributed by atoms with Gasteiger partial charge in [-0.25, -0.2) is 0 Å². The van der Waals surface area contributed by atoms with E-state index in [1.807, 2.05) is 13.8 Å². The van der Waals surface area contributed by atoms with E-state index in [-0.39, 0.29) is 17.9 Å². The molecular formula is C14H25NO6. The number of carbonyl (C=O) groups excluding carboxylic acids is 2. The van der Waals surface area contributed by atoms with Crippen LogP contribution in [0.2, 0.25) is 0 Å². The number of methoxy groups -OCH3 is 2. The highest BCUT2D eigenvalue weighted by Crippen LogP contribution is 2.25. The normalized spacial score (nSPS) is 21.5. The molecule has 0 radical (unpaired) electrons. The predicted molar refractivity (Wildman–Crippen MR) is 76.2 cm³/mol. The van der Waals surface area contributed by atoms with Crippen molar-refractivity contribution in [1.82, 2.24) is 0 Å². The van der Waals surface area contributed by atoms with Crippen molar-refractivity contribution in [3.63, 3.8) is 0 Å². The van der Waals surface area contributed by atoms with E-state index in [1.54, 1.807) is 0 Å². The van der Waals surface area contributed by atoms with Gasteiger partial charge < -0.3 is 19.4 Å². The summed E-state index contributed by atoms with van der Waals surface area (Å²) >= 11 is 0. The Balaban J connectivity index is 0.000000690. The van der Waals surface area contributed by atoms with Gasteiger partial charge in [-0.2, -0.15) is 0 Å². The van der Waals surface area contributed by atoms with Gasteiger partial charge in [0.15, 0.2) is 0 Å². The third kappa shape index (κ3) is 7.08. The minimum atomic E-state index is -0.431. The topological polar surface area (TPSA) is 94.4 Å². The summed E-state index contributed by atoms with van der Waals surface area (Å²) in [5, 5.41) is 12.2. The molecule has 7 nitrogen and oxygen atoms in total. The Kier molecular flexibility index (Phi) is 9.36. The molecule has 1 aliphatic rings. The molecule has 0 amide bonds. The highest BCUT2D eigenvalue weighted by molar-refractivity contribution is 5.93. The molecule has 0 aromatic rings. The minimum absolute atomic E-state index is 0.245. The molecular weight excluding hydrogens is 278 g/mol. The molecule has 7 heteroatoms. The SMILES string of the molecule is COC(=O)C1CCOC1/C(CC(C)C)=N/O.COC(C)=O. The molecule has 0 aromatic carbocycles. The Labute approximate surface area is 125 Å². The van der Waals surface area contributed by atoms with Gasteiger partial charge in [-0.3, -0.25) is 9.59 Å². The van der Waals surface area contributed by atoms with Gasteiger partial charge in [-0.15, -0.1) is 0 Å². The molecule has 0 saturated carbocycles. The van der Waals surface area contributed by atoms with Crippen LogP contribution < -0.4 is 0 Å². The van der Waals surface area contributed by atoms with Gasteiger partial charge in [0.1, 0.15) is 6.10 Å². The number of hydrogen-bond acceptors (Lipinski definition) is 7. The van der Waals surface area contributed by atoms with Crippen LogP contribution in [-0.2, 0) is 23.8 Å². The number of nitrogens with zero attached hydrogens (tertiary/aromatic N) is 1. The molecule has 2 unspecified atom stereocenters. The number of rotatable bonds is 4. The Morgan fingerprint density at radius 2 is 1.90 bits per heavy atom. The van der Waals surface area contributed by atoms with Crippen molar-refractivity contribution in [3.05, 3.63) is 0 Å². The molecule has 1 aliphatic heterocycles. The summed E-state index contributed by atoms with van der Waals surface area (Å²) in [6.45, 7) is 5.90. The highest BCUT2D eigenvalue weighted by Gasteiger charge is 2.38. The van der Waals surface area contributed by atoms with Crippen LogP contribution in [0.4, 0.5) is 0 Å². The van der Waals surface area contributed by atoms with Crippen molar-refractivity contribution >= 4 is 17.7 Å². The van der Waals surface area contributed by atoms with E-state index in [0.717, 1.165) is 0 Å². The maximum Gasteiger partial charge on any atom is 0.311 e. The maximum atomic E-state index is 11.5. The van der Waals surface area contributed by atoms with Gasteiger partial charge in [0.25, 0.3) is 0 Å². The fourth-order valence-corrected chi connectivity index (χ4v) is 1.94. The van der Waals surface area contributed by atoms with Gasteiger partial charge in [0.2, 0.25) is 0 Å². The van der Waals surface area contributed by atoms with Crippen molar-refractivity contribution < 1.29 is 29.0 Å². The van der Waals surface area contributed by atoms with E-state index in [1.165, 1.54) is 21.1 Å². The summed E-state index contributed by atoms with van der Waals surface area (Å²) in [7, 11) is 2.71. The Hall–Kier alpha value is -1.63. The zero-order valence-electron chi connectivity index (χ0n) is 13.3. The lowest BCUT2D eigenvalue weighted by Crippen LogP contribution is -2.33. The number of oxime groups is 1. The van der Waals surface area contributed by atoms with Gasteiger partial charge in [-0.1, -0.05) is 19.0 Å². The molecule has 122 valence electrons. The molecule has 1 fully saturated rings. The highest BCUT2D eigenvalue weighted by atomic mass is 16.5. The summed E-state index contributed by atoms with van der Waals surface area (Å²) in [6, 6.07) is 0. The van der Waals surface area contributed by atoms with Crippen molar-refractivity contribution in [2.45, 2.75) is 39.7 Å². The van der Waals surface area contributed by atoms with Crippen molar-refractivity contribution in [2.24, 2.45) is 17.0 Å². The van der Waals surface area contributed by atoms with Crippen molar-refractivity contribution in [1.29, 1.82) is 0 Å². The first kappa shape index (κ1) is 19.4. The monoisotopic (exact) mass is 303 g/mol. The van der Waals surface area contributed by atoms with Crippen LogP contribution in [0.15, 0.2) is 5.16 Å². The summed E-state index contributed by atoms with van der Waals surface area (Å²) in [4.78, 5) is 21.1. The first-order chi connectivity index (χ1) is 9.87. The van der Waals surface area contributed by atoms with Crippen LogP contribution in [0.25, 0.3) is 0 Å². The molecule has 0 spiro atoms. The second-order valence-electron chi connectivity index (χ2n) is 5.09. The minimum Gasteiger partial charge on any atom is -0.469 e. The average molecular weight is 303 g/mol. The lowest BCUT2D eigenvalue weighted by molar-refractivity contribution is -0.146. The van der Waals surface area contributed by atoms with Crippen molar-refractivity contribution in [2.75, 3.05) is 20.8 Å². The Bertz CT molecular complexity index is 366. The third-order valence-electron chi connectivity index (χ3n) is 2.96. The van der Waals surface area contributed by atoms with E-state index in [9.17, 15) is 9.59 Å². The molecule has 1 heterocycles. The fourth-order valence-electron chi connectivity index (χ4n) is 1.94. The van der Waals surface area contributed by atoms with Crippen molar-refractivity contribution in [3.8, 4) is 0 Å². The van der Waals surface area contributed by atoms with E-state index >= 15 is 0 Å². The van der Waals surface area contributed by atoms with E-state index in [0.29, 0.717) is 31.1 Å². The van der Waals surface area contributed by atoms with Crippen LogP contribution in [0.5, 0.6) is 0 Å². The second-order valence-corrected chi connectivity index (χ2v) is 5.09. The lowest BCUT2D eigenvalue weighted by Gasteiger charge is -2.18. The molecule has 21 heavy (non-hydrogen) atoms. The van der Waals surface area contributed by atoms with Gasteiger partial charge in [0.05, 0.1) is 25.8 Å². The third-order valence-corrected chi connectivity index (χ3v) is 2.96. The number of carbonyl (C=O) groups is 2. The number of esters is 2. The summed E-state index contributed by atoms with van der Waals surface area (Å²) < 4.78 is 14.3. The standard InChI is InChI=1S/C11H19NO4.C3H6O2/c1-7(2)6-9(12-14)10-8(4-5-16-10)11(13)15-3;1-3(4)5-2/h7-8,10,14H,4-6H2,1-3H3;1-2H3/b12-9+;. The molecule has 1 saturated heterocycles. The average Bonchev–Trinajstić information content (AvgIpc) is 2.93. The van der Waals surface area contributed by atoms with E-state index in [4.69, 9.17) is 14.7 Å². The zero-order chi connectivity index (χ0) is 16.4. The molecule has 2 atom stereocenters. The van der Waals surface area contributed by atoms with Gasteiger partial charge >= 0.3 is 11.9 Å². The predicted octanol–water partition coefficient (Wildman–Crippen LogP) is 1.62. The van der Waals surface area contributed by atoms with Gasteiger partial charge in [-0.05, 0) is 18.8 Å². The van der Waals surface area contributed by atoms with E-state index < -0.39 is 6.10 Å². The first-order valence-corrected chi connectivity index (χ1v) is 6.82. The largest absolute Gasteiger partial charge is 0.469 e. The Morgan fingerprint density at radius 3 is 2.29 bits per heavy atom. The van der Waals surface area contributed by atoms with Crippen LogP contribution in [-0.4, -0.2) is 49.8 Å². The maximum absolute atomic E-state index is 11.5. The number of ether oxygens (including phenoxy) is 3. The summed E-state index contributed by atoms with van der Waals surface area (Å²) in [6.07, 6.45) is 0.809. The lowest BCUT2D eigenvalue weighted by atomic mass is 9.93. The molecule has 0 bridgehead atoms. The molecule has 0 aromatic heterocycles. The zero-order valence-corrected chi connectivity index (χ0v) is 13.3. The second kappa shape index (κ2) is 10.1. The number of hydrogen-bond donors (Lipinski definition) is 1. The summed E-state index contributed by atoms with van der Waals surface area (Å²) in [5.74, 6) is -0.527. The fraction of sp³-hybridized carbons (Fsp3) is 0.786. The molecule has 1 rings (SSSR count). The molecule has 0 aliphatic carbocycles. The van der Waals surface area contributed by atoms with Gasteiger partial charge in [0, 0.05) is 13.5 Å². The Morgan fingerprint density at radius 1 is 1.33 bits per heavy atom. The quantitative estimate of drug-likeness (QED) is 0.367. The first-order valence-electron chi connectivity index (χ1n) is 6.82. The van der Waals surface area contributed by atoms with E-state index in [2.05, 4.69) is 9.89 Å². The summed E-state index contributed by atoms with van der Waals surface area (Å²) in [5.41, 5.74) is 0.530.